The molecule has 0 bridgehead atoms. The van der Waals surface area contributed by atoms with E-state index in [0.29, 0.717) is 36.9 Å². The minimum absolute atomic E-state index is 0.0543. The fourth-order valence-electron chi connectivity index (χ4n) is 2.76. The van der Waals surface area contributed by atoms with Crippen molar-refractivity contribution in [2.24, 2.45) is 0 Å². The molecule has 7 nitrogen and oxygen atoms in total. The van der Waals surface area contributed by atoms with Gasteiger partial charge in [-0.15, -0.1) is 0 Å². The Balaban J connectivity index is 1.59. The third-order valence-corrected chi connectivity index (χ3v) is 4.39. The van der Waals surface area contributed by atoms with E-state index in [1.54, 1.807) is 17.0 Å². The second kappa shape index (κ2) is 7.40. The molecule has 0 atom stereocenters. The molecule has 2 aromatic rings. The lowest BCUT2D eigenvalue weighted by atomic mass is 10.2. The summed E-state index contributed by atoms with van der Waals surface area (Å²) in [7, 11) is 0. The molecule has 0 aliphatic carbocycles. The van der Waals surface area contributed by atoms with Gasteiger partial charge in [0.1, 0.15) is 0 Å². The minimum Gasteiger partial charge on any atom is -0.367 e. The smallest absolute Gasteiger partial charge is 0.321 e. The molecule has 0 unspecified atom stereocenters. The van der Waals surface area contributed by atoms with Gasteiger partial charge in [0.25, 0.3) is 5.69 Å². The van der Waals surface area contributed by atoms with Gasteiger partial charge in [0.2, 0.25) is 0 Å². The zero-order valence-electron chi connectivity index (χ0n) is 13.4. The fourth-order valence-corrected chi connectivity index (χ4v) is 3.01. The molecule has 1 saturated heterocycles. The first-order valence-electron chi connectivity index (χ1n) is 7.84. The van der Waals surface area contributed by atoms with Crippen LogP contribution in [0.2, 0.25) is 5.02 Å². The van der Waals surface area contributed by atoms with Gasteiger partial charge < -0.3 is 15.1 Å². The summed E-state index contributed by atoms with van der Waals surface area (Å²) in [5.41, 5.74) is 1.32. The molecule has 1 aliphatic heterocycles. The van der Waals surface area contributed by atoms with E-state index in [-0.39, 0.29) is 11.7 Å². The predicted molar refractivity (Wildman–Crippen MR) is 97.4 cm³/mol. The highest BCUT2D eigenvalue weighted by molar-refractivity contribution is 6.33. The van der Waals surface area contributed by atoms with E-state index < -0.39 is 4.92 Å². The average molecular weight is 361 g/mol. The highest BCUT2D eigenvalue weighted by atomic mass is 35.5. The van der Waals surface area contributed by atoms with E-state index >= 15 is 0 Å². The number of anilines is 2. The maximum atomic E-state index is 12.4. The molecule has 0 aromatic heterocycles. The van der Waals surface area contributed by atoms with E-state index in [9.17, 15) is 14.9 Å². The lowest BCUT2D eigenvalue weighted by molar-refractivity contribution is -0.384. The summed E-state index contributed by atoms with van der Waals surface area (Å²) in [6.07, 6.45) is 0. The molecule has 1 fully saturated rings. The standard InChI is InChI=1S/C17H17ClN4O3/c18-15-6-1-2-7-16(15)20-8-10-21(11-9-20)17(23)19-13-4-3-5-14(12-13)22(24)25/h1-7,12H,8-11H2,(H,19,23). The Hall–Kier alpha value is -2.80. The summed E-state index contributed by atoms with van der Waals surface area (Å²) in [5.74, 6) is 0. The number of nitro benzene ring substituents is 1. The van der Waals surface area contributed by atoms with Crippen molar-refractivity contribution in [2.45, 2.75) is 0 Å². The number of rotatable bonds is 3. The van der Waals surface area contributed by atoms with Crippen LogP contribution in [-0.2, 0) is 0 Å². The lowest BCUT2D eigenvalue weighted by Crippen LogP contribution is -2.50. The fraction of sp³-hybridized carbons (Fsp3) is 0.235. The van der Waals surface area contributed by atoms with Gasteiger partial charge in [-0.3, -0.25) is 10.1 Å². The zero-order chi connectivity index (χ0) is 17.8. The number of nitro groups is 1. The Morgan fingerprint density at radius 3 is 2.48 bits per heavy atom. The number of carbonyl (C=O) groups is 1. The van der Waals surface area contributed by atoms with Crippen molar-refractivity contribution < 1.29 is 9.72 Å². The summed E-state index contributed by atoms with van der Waals surface area (Å²) in [4.78, 5) is 26.5. The van der Waals surface area contributed by atoms with Gasteiger partial charge in [0, 0.05) is 44.0 Å². The number of piperazine rings is 1. The number of benzene rings is 2. The normalized spacial score (nSPS) is 14.3. The number of amides is 2. The first-order chi connectivity index (χ1) is 12.0. The molecule has 1 N–H and O–H groups in total. The number of nitrogens with zero attached hydrogens (tertiary/aromatic N) is 3. The summed E-state index contributed by atoms with van der Waals surface area (Å²) in [6.45, 7) is 2.44. The first-order valence-corrected chi connectivity index (χ1v) is 8.22. The SMILES string of the molecule is O=C(Nc1cccc([N+](=O)[O-])c1)N1CCN(c2ccccc2Cl)CC1. The van der Waals surface area contributed by atoms with Crippen LogP contribution < -0.4 is 10.2 Å². The molecule has 2 amide bonds. The van der Waals surface area contributed by atoms with Crippen LogP contribution in [0.15, 0.2) is 48.5 Å². The van der Waals surface area contributed by atoms with Crippen molar-refractivity contribution in [3.05, 3.63) is 63.7 Å². The Labute approximate surface area is 149 Å². The third kappa shape index (κ3) is 4.00. The molecular weight excluding hydrogens is 344 g/mol. The largest absolute Gasteiger partial charge is 0.367 e. The lowest BCUT2D eigenvalue weighted by Gasteiger charge is -2.36. The molecule has 0 spiro atoms. The van der Waals surface area contributed by atoms with E-state index in [4.69, 9.17) is 11.6 Å². The van der Waals surface area contributed by atoms with Gasteiger partial charge >= 0.3 is 6.03 Å². The summed E-state index contributed by atoms with van der Waals surface area (Å²) in [6, 6.07) is 13.3. The van der Waals surface area contributed by atoms with Crippen LogP contribution in [0.4, 0.5) is 21.9 Å². The second-order valence-electron chi connectivity index (χ2n) is 5.66. The van der Waals surface area contributed by atoms with Crippen molar-refractivity contribution >= 4 is 34.7 Å². The van der Waals surface area contributed by atoms with Gasteiger partial charge in [-0.1, -0.05) is 29.8 Å². The van der Waals surface area contributed by atoms with E-state index in [0.717, 1.165) is 5.69 Å². The van der Waals surface area contributed by atoms with Crippen LogP contribution in [0.3, 0.4) is 0 Å². The topological polar surface area (TPSA) is 78.7 Å². The van der Waals surface area contributed by atoms with Crippen LogP contribution in [0.1, 0.15) is 0 Å². The Bertz CT molecular complexity index is 791. The van der Waals surface area contributed by atoms with Gasteiger partial charge in [0.05, 0.1) is 15.6 Å². The third-order valence-electron chi connectivity index (χ3n) is 4.07. The molecule has 25 heavy (non-hydrogen) atoms. The maximum absolute atomic E-state index is 12.4. The Morgan fingerprint density at radius 1 is 1.08 bits per heavy atom. The molecule has 1 aliphatic rings. The number of hydrogen-bond donors (Lipinski definition) is 1. The van der Waals surface area contributed by atoms with Crippen LogP contribution in [-0.4, -0.2) is 42.0 Å². The number of carbonyl (C=O) groups excluding carboxylic acids is 1. The molecule has 2 aromatic carbocycles. The summed E-state index contributed by atoms with van der Waals surface area (Å²) in [5, 5.41) is 14.2. The molecule has 130 valence electrons. The highest BCUT2D eigenvalue weighted by Gasteiger charge is 2.22. The second-order valence-corrected chi connectivity index (χ2v) is 6.07. The van der Waals surface area contributed by atoms with E-state index in [1.165, 1.54) is 12.1 Å². The maximum Gasteiger partial charge on any atom is 0.321 e. The van der Waals surface area contributed by atoms with E-state index in [2.05, 4.69) is 10.2 Å². The van der Waals surface area contributed by atoms with Crippen LogP contribution in [0.25, 0.3) is 0 Å². The number of urea groups is 1. The Kier molecular flexibility index (Phi) is 5.04. The quantitative estimate of drug-likeness (QED) is 0.670. The van der Waals surface area contributed by atoms with Gasteiger partial charge in [0.15, 0.2) is 0 Å². The number of nitrogens with one attached hydrogen (secondary N) is 1. The van der Waals surface area contributed by atoms with Crippen molar-refractivity contribution in [3.63, 3.8) is 0 Å². The number of halogens is 1. The number of hydrogen-bond acceptors (Lipinski definition) is 4. The zero-order valence-corrected chi connectivity index (χ0v) is 14.1. The van der Waals surface area contributed by atoms with Crippen LogP contribution in [0.5, 0.6) is 0 Å². The van der Waals surface area contributed by atoms with Crippen molar-refractivity contribution in [1.29, 1.82) is 0 Å². The average Bonchev–Trinajstić information content (AvgIpc) is 2.62. The monoisotopic (exact) mass is 360 g/mol. The molecule has 3 rings (SSSR count). The van der Waals surface area contributed by atoms with E-state index in [1.807, 2.05) is 24.3 Å². The summed E-state index contributed by atoms with van der Waals surface area (Å²) >= 11 is 6.21. The molecular formula is C17H17ClN4O3. The first kappa shape index (κ1) is 17.0. The van der Waals surface area contributed by atoms with Gasteiger partial charge in [-0.2, -0.15) is 0 Å². The van der Waals surface area contributed by atoms with Crippen LogP contribution in [0, 0.1) is 10.1 Å². The van der Waals surface area contributed by atoms with Gasteiger partial charge in [-0.05, 0) is 18.2 Å². The van der Waals surface area contributed by atoms with Gasteiger partial charge in [-0.25, -0.2) is 4.79 Å². The highest BCUT2D eigenvalue weighted by Crippen LogP contribution is 2.26. The molecule has 8 heteroatoms. The minimum atomic E-state index is -0.488. The summed E-state index contributed by atoms with van der Waals surface area (Å²) < 4.78 is 0. The van der Waals surface area contributed by atoms with Crippen molar-refractivity contribution in [3.8, 4) is 0 Å². The molecule has 0 radical (unpaired) electrons. The number of non-ortho nitro benzene ring substituents is 1. The van der Waals surface area contributed by atoms with Crippen LogP contribution >= 0.6 is 11.6 Å². The number of para-hydroxylation sites is 1. The van der Waals surface area contributed by atoms with Crippen molar-refractivity contribution in [2.75, 3.05) is 36.4 Å². The Morgan fingerprint density at radius 2 is 1.80 bits per heavy atom. The van der Waals surface area contributed by atoms with Crippen molar-refractivity contribution in [1.82, 2.24) is 4.90 Å². The molecule has 0 saturated carbocycles. The molecule has 1 heterocycles. The predicted octanol–water partition coefficient (Wildman–Crippen LogP) is 3.60.